The van der Waals surface area contributed by atoms with Gasteiger partial charge in [0.1, 0.15) is 15.0 Å². The lowest BCUT2D eigenvalue weighted by molar-refractivity contribution is -0.0455. The van der Waals surface area contributed by atoms with Crippen LogP contribution in [0.1, 0.15) is 0 Å². The van der Waals surface area contributed by atoms with Crippen LogP contribution in [0, 0.1) is 0 Å². The molecular weight excluding hydrogens is 869 g/mol. The van der Waals surface area contributed by atoms with Crippen molar-refractivity contribution < 1.29 is 130 Å². The van der Waals surface area contributed by atoms with Gasteiger partial charge in [-0.3, -0.25) is 0 Å². The molecular formula is C11HBF18O12S6. The number of rotatable bonds is 6. The fourth-order valence-corrected chi connectivity index (χ4v) is 14.3. The van der Waals surface area contributed by atoms with Crippen LogP contribution in [0.3, 0.4) is 0 Å². The van der Waals surface area contributed by atoms with Gasteiger partial charge in [0.05, 0.1) is 9.71 Å². The number of hydrogen-bond acceptors (Lipinski definition) is 12. The molecule has 0 amide bonds. The molecule has 0 bridgehead atoms. The molecule has 37 heteroatoms. The van der Waals surface area contributed by atoms with Gasteiger partial charge in [-0.25, -0.2) is 50.5 Å². The summed E-state index contributed by atoms with van der Waals surface area (Å²) < 4.78 is 390. The van der Waals surface area contributed by atoms with Crippen molar-refractivity contribution in [2.75, 3.05) is 0 Å². The summed E-state index contributed by atoms with van der Waals surface area (Å²) in [6.07, 6.45) is 0. The molecule has 0 saturated carbocycles. The maximum atomic E-state index is 13.5. The summed E-state index contributed by atoms with van der Waals surface area (Å²) in [7, 11) is -55.8. The Morgan fingerprint density at radius 2 is 0.667 bits per heavy atom. The third-order valence-electron chi connectivity index (χ3n) is 5.09. The van der Waals surface area contributed by atoms with E-state index in [0.717, 1.165) is 0 Å². The van der Waals surface area contributed by atoms with E-state index in [1.165, 1.54) is 0 Å². The predicted octanol–water partition coefficient (Wildman–Crippen LogP) is 2.47. The van der Waals surface area contributed by atoms with Crippen LogP contribution in [0.15, 0.2) is 19.5 Å². The lowest BCUT2D eigenvalue weighted by Gasteiger charge is -2.35. The Kier molecular flexibility index (Phi) is 10.3. The summed E-state index contributed by atoms with van der Waals surface area (Å²) in [4.78, 5) is -21.8. The highest BCUT2D eigenvalue weighted by Crippen LogP contribution is 2.55. The Morgan fingerprint density at radius 1 is 0.375 bits per heavy atom. The van der Waals surface area contributed by atoms with Gasteiger partial charge in [0.25, 0.3) is 39.3 Å². The van der Waals surface area contributed by atoms with E-state index >= 15 is 0 Å². The second-order valence-corrected chi connectivity index (χ2v) is 19.7. The molecule has 0 aromatic heterocycles. The van der Waals surface area contributed by atoms with Crippen molar-refractivity contribution in [1.29, 1.82) is 0 Å². The van der Waals surface area contributed by atoms with Crippen LogP contribution in [0.4, 0.5) is 79.0 Å². The molecule has 0 N–H and O–H groups in total. The van der Waals surface area contributed by atoms with Crippen molar-refractivity contribution in [3.63, 3.8) is 0 Å². The van der Waals surface area contributed by atoms with E-state index < -0.39 is 123 Å². The number of sulfone groups is 5. The highest BCUT2D eigenvalue weighted by Gasteiger charge is 2.77. The molecule has 0 spiro atoms. The summed E-state index contributed by atoms with van der Waals surface area (Å²) in [5.74, 6) is -6.82. The molecule has 1 aliphatic heterocycles. The Bertz CT molecular complexity index is 1950. The number of alkyl halides is 18. The Morgan fingerprint density at radius 3 is 0.917 bits per heavy atom. The molecule has 1 aliphatic rings. The molecule has 48 heavy (non-hydrogen) atoms. The van der Waals surface area contributed by atoms with Crippen LogP contribution in [0.5, 0.6) is 0 Å². The molecule has 0 aromatic rings. The van der Waals surface area contributed by atoms with E-state index in [1.807, 2.05) is 0 Å². The second-order valence-electron chi connectivity index (χ2n) is 8.01. The van der Waals surface area contributed by atoms with Crippen molar-refractivity contribution in [1.82, 2.24) is 0 Å². The minimum absolute atomic E-state index is 5.41. The van der Waals surface area contributed by atoms with Crippen LogP contribution in [0.2, 0.25) is 0 Å². The summed E-state index contributed by atoms with van der Waals surface area (Å²) in [5.41, 5.74) is -48.3. The van der Waals surface area contributed by atoms with E-state index in [1.54, 1.807) is 0 Å². The molecule has 0 aromatic carbocycles. The van der Waals surface area contributed by atoms with Gasteiger partial charge in [-0.2, -0.15) is 79.0 Å². The maximum absolute atomic E-state index is 13.5. The first-order valence-electron chi connectivity index (χ1n) is 9.58. The zero-order valence-corrected chi connectivity index (χ0v) is 25.2. The minimum atomic E-state index is -9.34. The lowest BCUT2D eigenvalue weighted by atomic mass is 9.68. The van der Waals surface area contributed by atoms with Crippen molar-refractivity contribution >= 4 is 64.9 Å². The summed E-state index contributed by atoms with van der Waals surface area (Å²) in [6.45, 7) is 0. The Hall–Kier alpha value is -2.02. The molecule has 1 rings (SSSR count). The SMILES string of the molecule is O=S(=O)(B1C(S(=O)(=O)C(F)(F)F)=C(S(=O)(=O)C(F)(F)F)C(S(=O)(=O)C(F)(F)F)=C(S(=O)(=O)C(F)(F)F)C1S(=O)(=O)C(F)(F)F)C(F)(F)F. The van der Waals surface area contributed by atoms with Gasteiger partial charge >= 0.3 is 39.0 Å². The average molecular weight is 870 g/mol. The second kappa shape index (κ2) is 11.2. The molecule has 1 atom stereocenters. The van der Waals surface area contributed by atoms with Crippen LogP contribution in [-0.2, 0) is 58.9 Å². The smallest absolute Gasteiger partial charge is 0.232 e. The van der Waals surface area contributed by atoms with Gasteiger partial charge in [0.2, 0.25) is 19.5 Å². The Balaban J connectivity index is 5.81. The number of halogens is 18. The minimum Gasteiger partial charge on any atom is -0.232 e. The van der Waals surface area contributed by atoms with E-state index in [9.17, 15) is 130 Å². The van der Waals surface area contributed by atoms with Crippen molar-refractivity contribution in [3.8, 4) is 0 Å². The molecule has 282 valence electrons. The van der Waals surface area contributed by atoms with Gasteiger partial charge in [-0.1, -0.05) is 0 Å². The summed E-state index contributed by atoms with van der Waals surface area (Å²) in [5, 5.41) is -6.82. The molecule has 0 aliphatic carbocycles. The van der Waals surface area contributed by atoms with Crippen LogP contribution >= 0.6 is 0 Å². The molecule has 12 nitrogen and oxygen atoms in total. The van der Waals surface area contributed by atoms with E-state index in [4.69, 9.17) is 0 Å². The predicted molar refractivity (Wildman–Crippen MR) is 113 cm³/mol. The quantitative estimate of drug-likeness (QED) is 0.279. The number of hydrogen-bond donors (Lipinski definition) is 0. The zero-order chi connectivity index (χ0) is 39.5. The first kappa shape index (κ1) is 44.0. The van der Waals surface area contributed by atoms with Crippen molar-refractivity contribution in [2.45, 2.75) is 38.2 Å². The largest absolute Gasteiger partial charge is 0.501 e. The fraction of sp³-hybridized carbons (Fsp3) is 0.636. The molecule has 0 fully saturated rings. The highest BCUT2D eigenvalue weighted by molar-refractivity contribution is 8.25. The summed E-state index contributed by atoms with van der Waals surface area (Å²) >= 11 is 0. The van der Waals surface area contributed by atoms with Gasteiger partial charge < -0.3 is 0 Å². The molecule has 0 radical (unpaired) electrons. The third-order valence-corrected chi connectivity index (χ3v) is 16.0. The topological polar surface area (TPSA) is 205 Å². The molecule has 0 saturated heterocycles. The first-order valence-corrected chi connectivity index (χ1v) is 18.6. The zero-order valence-electron chi connectivity index (χ0n) is 20.3. The van der Waals surface area contributed by atoms with Gasteiger partial charge in [0, 0.05) is 0 Å². The molecule has 1 heterocycles. The molecule has 1 unspecified atom stereocenters. The lowest BCUT2D eigenvalue weighted by Crippen LogP contribution is -2.60. The normalized spacial score (nSPS) is 19.6. The van der Waals surface area contributed by atoms with Gasteiger partial charge in [0.15, 0.2) is 0 Å². The Labute approximate surface area is 251 Å². The maximum Gasteiger partial charge on any atom is 0.501 e. The van der Waals surface area contributed by atoms with Crippen LogP contribution in [0.25, 0.3) is 0 Å². The van der Waals surface area contributed by atoms with Gasteiger partial charge in [-0.05, 0) is 0 Å². The van der Waals surface area contributed by atoms with Gasteiger partial charge in [-0.15, -0.1) is 0 Å². The van der Waals surface area contributed by atoms with Crippen LogP contribution in [-0.4, -0.2) is 94.7 Å². The van der Waals surface area contributed by atoms with Crippen molar-refractivity contribution in [3.05, 3.63) is 19.5 Å². The van der Waals surface area contributed by atoms with Crippen molar-refractivity contribution in [2.24, 2.45) is 0 Å². The van der Waals surface area contributed by atoms with Crippen LogP contribution < -0.4 is 0 Å². The monoisotopic (exact) mass is 870 g/mol. The average Bonchev–Trinajstić information content (AvgIpc) is 2.77. The highest BCUT2D eigenvalue weighted by atomic mass is 32.2. The fourth-order valence-electron chi connectivity index (χ4n) is 3.19. The van der Waals surface area contributed by atoms with E-state index in [2.05, 4.69) is 0 Å². The first-order chi connectivity index (χ1) is 20.2. The summed E-state index contributed by atoms with van der Waals surface area (Å²) in [6, 6.07) is 0. The van der Waals surface area contributed by atoms with E-state index in [0.29, 0.717) is 0 Å². The standard InChI is InChI=1S/C11HBF18O12S6/c13-6(14,15)43(31,32)1-2(44(33,34)7(16,17)18)4(46(37,38)9(22,23)24)12(48(41,42)11(28,29)30)5(47(39,40)10(25,26)27)3(1)45(35,36)8(19,20)21/h4H. The van der Waals surface area contributed by atoms with E-state index in [-0.39, 0.29) is 0 Å². The third kappa shape index (κ3) is 6.48.